The van der Waals surface area contributed by atoms with E-state index in [0.717, 1.165) is 27.9 Å². The number of allylic oxidation sites excluding steroid dienone is 1. The smallest absolute Gasteiger partial charge is 0.137 e. The third kappa shape index (κ3) is 1.62. The summed E-state index contributed by atoms with van der Waals surface area (Å²) in [6.45, 7) is 0. The van der Waals surface area contributed by atoms with Crippen molar-refractivity contribution in [2.75, 3.05) is 0 Å². The maximum atomic E-state index is 7.03. The van der Waals surface area contributed by atoms with Gasteiger partial charge in [0.05, 0.1) is 11.9 Å². The van der Waals surface area contributed by atoms with Gasteiger partial charge in [-0.3, -0.25) is 5.10 Å². The lowest BCUT2D eigenvalue weighted by Gasteiger charge is -2.01. The molecule has 0 aliphatic rings. The molecule has 3 aromatic rings. The molecular weight excluding hydrogens is 226 g/mol. The summed E-state index contributed by atoms with van der Waals surface area (Å²) in [5.74, 6) is 0. The van der Waals surface area contributed by atoms with E-state index in [9.17, 15) is 0 Å². The topological polar surface area (TPSA) is 81.2 Å². The fourth-order valence-electron chi connectivity index (χ4n) is 1.98. The summed E-state index contributed by atoms with van der Waals surface area (Å²) in [6, 6.07) is 3.96. The van der Waals surface area contributed by atoms with Crippen LogP contribution in [0, 0.1) is 5.41 Å². The van der Waals surface area contributed by atoms with E-state index in [2.05, 4.69) is 20.2 Å². The number of nitrogens with one attached hydrogen (secondary N) is 3. The molecule has 0 aliphatic heterocycles. The van der Waals surface area contributed by atoms with Crippen LogP contribution in [0.1, 0.15) is 5.69 Å². The number of nitrogens with zero attached hydrogens (tertiary/aromatic N) is 2. The van der Waals surface area contributed by atoms with Gasteiger partial charge in [-0.1, -0.05) is 0 Å². The SMILES string of the molecule is N=C/C=C\c1[nH]ncc1-c1ccnc2[nH]ccc12. The summed E-state index contributed by atoms with van der Waals surface area (Å²) in [5.41, 5.74) is 3.81. The van der Waals surface area contributed by atoms with E-state index in [1.807, 2.05) is 24.4 Å². The van der Waals surface area contributed by atoms with Gasteiger partial charge < -0.3 is 10.4 Å². The molecule has 5 heteroatoms. The number of rotatable bonds is 3. The van der Waals surface area contributed by atoms with E-state index in [1.54, 1.807) is 18.5 Å². The molecule has 3 aromatic heterocycles. The second kappa shape index (κ2) is 4.29. The Kier molecular flexibility index (Phi) is 2.49. The molecule has 0 spiro atoms. The van der Waals surface area contributed by atoms with Gasteiger partial charge in [0.2, 0.25) is 0 Å². The monoisotopic (exact) mass is 237 g/mol. The number of fused-ring (bicyclic) bond motifs is 1. The Bertz CT molecular complexity index is 720. The van der Waals surface area contributed by atoms with Crippen molar-refractivity contribution in [3.8, 4) is 11.1 Å². The Morgan fingerprint density at radius 2 is 2.17 bits per heavy atom. The molecule has 0 saturated carbocycles. The number of aromatic amines is 2. The third-order valence-electron chi connectivity index (χ3n) is 2.78. The Balaban J connectivity index is 2.20. The highest BCUT2D eigenvalue weighted by Gasteiger charge is 2.09. The van der Waals surface area contributed by atoms with Crippen molar-refractivity contribution in [3.63, 3.8) is 0 Å². The molecule has 5 nitrogen and oxygen atoms in total. The summed E-state index contributed by atoms with van der Waals surface area (Å²) < 4.78 is 0. The van der Waals surface area contributed by atoms with Crippen molar-refractivity contribution in [2.45, 2.75) is 0 Å². The van der Waals surface area contributed by atoms with Crippen LogP contribution < -0.4 is 0 Å². The van der Waals surface area contributed by atoms with Crippen LogP contribution in [0.5, 0.6) is 0 Å². The van der Waals surface area contributed by atoms with Gasteiger partial charge in [0.15, 0.2) is 0 Å². The van der Waals surface area contributed by atoms with Gasteiger partial charge in [-0.25, -0.2) is 4.98 Å². The number of hydrogen-bond acceptors (Lipinski definition) is 3. The third-order valence-corrected chi connectivity index (χ3v) is 2.78. The summed E-state index contributed by atoms with van der Waals surface area (Å²) in [7, 11) is 0. The van der Waals surface area contributed by atoms with Crippen molar-refractivity contribution in [3.05, 3.63) is 42.5 Å². The molecule has 0 aromatic carbocycles. The highest BCUT2D eigenvalue weighted by molar-refractivity contribution is 5.95. The van der Waals surface area contributed by atoms with E-state index < -0.39 is 0 Å². The Labute approximate surface area is 103 Å². The Hall–Kier alpha value is -2.69. The van der Waals surface area contributed by atoms with E-state index in [4.69, 9.17) is 5.41 Å². The van der Waals surface area contributed by atoms with Crippen LogP contribution in [0.4, 0.5) is 0 Å². The molecule has 0 atom stereocenters. The molecule has 3 heterocycles. The van der Waals surface area contributed by atoms with Gasteiger partial charge in [-0.2, -0.15) is 5.10 Å². The second-order valence-corrected chi connectivity index (χ2v) is 3.82. The van der Waals surface area contributed by atoms with Gasteiger partial charge in [0, 0.05) is 29.6 Å². The first-order valence-corrected chi connectivity index (χ1v) is 5.53. The first-order valence-electron chi connectivity index (χ1n) is 5.53. The molecule has 18 heavy (non-hydrogen) atoms. The minimum Gasteiger partial charge on any atom is -0.346 e. The standard InChI is InChI=1S/C13H11N5/c14-5-1-2-12-11(8-17-18-12)9-3-6-15-13-10(9)4-7-16-13/h1-8,14H,(H,15,16)(H,17,18)/b2-1-,14-5?. The van der Waals surface area contributed by atoms with Crippen LogP contribution in [0.2, 0.25) is 0 Å². The molecule has 3 N–H and O–H groups in total. The molecule has 0 unspecified atom stereocenters. The molecule has 0 amide bonds. The molecule has 0 radical (unpaired) electrons. The molecule has 3 rings (SSSR count). The van der Waals surface area contributed by atoms with Gasteiger partial charge in [0.1, 0.15) is 5.65 Å². The fraction of sp³-hybridized carbons (Fsp3) is 0. The summed E-state index contributed by atoms with van der Waals surface area (Å²) in [4.78, 5) is 7.35. The van der Waals surface area contributed by atoms with E-state index in [-0.39, 0.29) is 0 Å². The van der Waals surface area contributed by atoms with Crippen LogP contribution in [-0.4, -0.2) is 26.4 Å². The molecule has 88 valence electrons. The molecule has 0 saturated heterocycles. The van der Waals surface area contributed by atoms with Gasteiger partial charge >= 0.3 is 0 Å². The summed E-state index contributed by atoms with van der Waals surface area (Å²) >= 11 is 0. The lowest BCUT2D eigenvalue weighted by Crippen LogP contribution is -1.83. The van der Waals surface area contributed by atoms with Crippen molar-refractivity contribution >= 4 is 23.3 Å². The quantitative estimate of drug-likeness (QED) is 0.612. The average Bonchev–Trinajstić information content (AvgIpc) is 3.04. The van der Waals surface area contributed by atoms with Crippen LogP contribution in [-0.2, 0) is 0 Å². The lowest BCUT2D eigenvalue weighted by atomic mass is 10.0. The zero-order valence-corrected chi connectivity index (χ0v) is 9.51. The molecule has 0 fully saturated rings. The summed E-state index contributed by atoms with van der Waals surface area (Å²) in [5, 5.41) is 15.1. The van der Waals surface area contributed by atoms with Crippen molar-refractivity contribution in [1.82, 2.24) is 20.2 Å². The van der Waals surface area contributed by atoms with Crippen molar-refractivity contribution in [2.24, 2.45) is 0 Å². The number of aromatic nitrogens is 4. The van der Waals surface area contributed by atoms with Gasteiger partial charge in [0.25, 0.3) is 0 Å². The Morgan fingerprint density at radius 1 is 1.22 bits per heavy atom. The van der Waals surface area contributed by atoms with Gasteiger partial charge in [-0.15, -0.1) is 0 Å². The first-order chi connectivity index (χ1) is 8.90. The minimum absolute atomic E-state index is 0.857. The molecule has 0 bridgehead atoms. The predicted octanol–water partition coefficient (Wildman–Crippen LogP) is 2.62. The van der Waals surface area contributed by atoms with Crippen molar-refractivity contribution in [1.29, 1.82) is 5.41 Å². The van der Waals surface area contributed by atoms with Crippen LogP contribution in [0.15, 0.2) is 36.8 Å². The van der Waals surface area contributed by atoms with Crippen LogP contribution in [0.25, 0.3) is 28.2 Å². The molecular formula is C13H11N5. The number of H-pyrrole nitrogens is 2. The second-order valence-electron chi connectivity index (χ2n) is 3.82. The normalized spacial score (nSPS) is 11.3. The van der Waals surface area contributed by atoms with E-state index in [0.29, 0.717) is 0 Å². The highest BCUT2D eigenvalue weighted by atomic mass is 15.1. The lowest BCUT2D eigenvalue weighted by molar-refractivity contribution is 1.08. The van der Waals surface area contributed by atoms with Crippen LogP contribution >= 0.6 is 0 Å². The Morgan fingerprint density at radius 3 is 3.06 bits per heavy atom. The molecule has 0 aliphatic carbocycles. The maximum Gasteiger partial charge on any atom is 0.137 e. The number of pyridine rings is 1. The van der Waals surface area contributed by atoms with Crippen molar-refractivity contribution < 1.29 is 0 Å². The maximum absolute atomic E-state index is 7.03. The zero-order valence-electron chi connectivity index (χ0n) is 9.51. The van der Waals surface area contributed by atoms with Gasteiger partial charge in [-0.05, 0) is 29.8 Å². The van der Waals surface area contributed by atoms with E-state index >= 15 is 0 Å². The van der Waals surface area contributed by atoms with E-state index in [1.165, 1.54) is 6.21 Å². The number of hydrogen-bond donors (Lipinski definition) is 3. The highest BCUT2D eigenvalue weighted by Crippen LogP contribution is 2.29. The average molecular weight is 237 g/mol. The zero-order chi connectivity index (χ0) is 12.4. The van der Waals surface area contributed by atoms with Crippen LogP contribution in [0.3, 0.4) is 0 Å². The summed E-state index contributed by atoms with van der Waals surface area (Å²) in [6.07, 6.45) is 10.1. The fourth-order valence-corrected chi connectivity index (χ4v) is 1.98. The minimum atomic E-state index is 0.857. The first kappa shape index (κ1) is 10.5. The predicted molar refractivity (Wildman–Crippen MR) is 71.5 cm³/mol. The largest absolute Gasteiger partial charge is 0.346 e.